The minimum atomic E-state index is -3.69. The monoisotopic (exact) mass is 414 g/mol. The van der Waals surface area contributed by atoms with Gasteiger partial charge in [0.15, 0.2) is 0 Å². The van der Waals surface area contributed by atoms with Crippen LogP contribution in [0.5, 0.6) is 0 Å². The Labute approximate surface area is 165 Å². The number of rotatable bonds is 4. The third-order valence-corrected chi connectivity index (χ3v) is 8.05. The number of nitrogens with zero attached hydrogens (tertiary/aromatic N) is 1. The van der Waals surface area contributed by atoms with Crippen molar-refractivity contribution in [3.8, 4) is 0 Å². The van der Waals surface area contributed by atoms with Crippen molar-refractivity contribution in [3.05, 3.63) is 28.8 Å². The minimum Gasteiger partial charge on any atom is -0.393 e. The van der Waals surface area contributed by atoms with Gasteiger partial charge in [0, 0.05) is 24.2 Å². The molecule has 2 N–H and O–H groups in total. The molecule has 1 atom stereocenters. The molecule has 1 aromatic carbocycles. The first-order valence-electron chi connectivity index (χ1n) is 9.52. The van der Waals surface area contributed by atoms with Gasteiger partial charge in [-0.05, 0) is 63.1 Å². The second-order valence-corrected chi connectivity index (χ2v) is 9.89. The van der Waals surface area contributed by atoms with Crippen LogP contribution in [0.25, 0.3) is 0 Å². The predicted octanol–water partition coefficient (Wildman–Crippen LogP) is 2.47. The van der Waals surface area contributed by atoms with Gasteiger partial charge in [0.1, 0.15) is 0 Å². The number of hydrogen-bond acceptors (Lipinski definition) is 4. The first kappa shape index (κ1) is 20.6. The molecule has 1 saturated carbocycles. The third-order valence-electron chi connectivity index (χ3n) is 5.63. The molecule has 1 heterocycles. The van der Waals surface area contributed by atoms with Gasteiger partial charge in [-0.1, -0.05) is 17.7 Å². The summed E-state index contributed by atoms with van der Waals surface area (Å²) in [4.78, 5) is 12.9. The average Bonchev–Trinajstić information content (AvgIpc) is 2.65. The van der Waals surface area contributed by atoms with E-state index >= 15 is 0 Å². The Morgan fingerprint density at radius 2 is 1.93 bits per heavy atom. The summed E-state index contributed by atoms with van der Waals surface area (Å²) >= 11 is 6.09. The number of aliphatic hydroxyl groups is 1. The number of amides is 1. The van der Waals surface area contributed by atoms with Gasteiger partial charge in [-0.15, -0.1) is 0 Å². The largest absolute Gasteiger partial charge is 0.393 e. The summed E-state index contributed by atoms with van der Waals surface area (Å²) in [5, 5.41) is 13.1. The highest BCUT2D eigenvalue weighted by Gasteiger charge is 2.35. The quantitative estimate of drug-likeness (QED) is 0.792. The Morgan fingerprint density at radius 3 is 2.63 bits per heavy atom. The molecule has 8 heteroatoms. The zero-order chi connectivity index (χ0) is 19.6. The molecule has 6 nitrogen and oxygen atoms in total. The highest BCUT2D eigenvalue weighted by Crippen LogP contribution is 2.29. The van der Waals surface area contributed by atoms with Gasteiger partial charge in [-0.25, -0.2) is 8.42 Å². The summed E-state index contributed by atoms with van der Waals surface area (Å²) in [7, 11) is -3.69. The number of carbonyl (C=O) groups excluding carboxylic acids is 1. The van der Waals surface area contributed by atoms with E-state index in [0.717, 1.165) is 12.8 Å². The van der Waals surface area contributed by atoms with E-state index in [1.165, 1.54) is 4.31 Å². The number of nitrogens with one attached hydrogen (secondary N) is 1. The topological polar surface area (TPSA) is 86.7 Å². The standard InChI is InChI=1S/C19H27ClN2O4S/c1-13-17(20)5-2-6-18(13)27(25,26)22-11-3-4-14(12-22)19(24)21-15-7-9-16(23)10-8-15/h2,5-6,14-16,23H,3-4,7-12H2,1H3,(H,21,24)/t14-,15?,16?/m0/s1. The van der Waals surface area contributed by atoms with Crippen molar-refractivity contribution in [2.24, 2.45) is 5.92 Å². The van der Waals surface area contributed by atoms with E-state index in [1.54, 1.807) is 25.1 Å². The van der Waals surface area contributed by atoms with Crippen LogP contribution in [0, 0.1) is 12.8 Å². The molecular weight excluding hydrogens is 388 g/mol. The van der Waals surface area contributed by atoms with E-state index < -0.39 is 10.0 Å². The van der Waals surface area contributed by atoms with Crippen molar-refractivity contribution in [1.29, 1.82) is 0 Å². The summed E-state index contributed by atoms with van der Waals surface area (Å²) < 4.78 is 27.5. The molecule has 1 aromatic rings. The Hall–Kier alpha value is -1.15. The molecule has 0 aromatic heterocycles. The maximum Gasteiger partial charge on any atom is 0.243 e. The lowest BCUT2D eigenvalue weighted by molar-refractivity contribution is -0.127. The Kier molecular flexibility index (Phi) is 6.46. The molecule has 0 unspecified atom stereocenters. The van der Waals surface area contributed by atoms with Gasteiger partial charge in [-0.3, -0.25) is 4.79 Å². The zero-order valence-corrected chi connectivity index (χ0v) is 17.1. The Bertz CT molecular complexity index is 791. The fraction of sp³-hybridized carbons (Fsp3) is 0.632. The van der Waals surface area contributed by atoms with Crippen LogP contribution >= 0.6 is 11.6 Å². The number of carbonyl (C=O) groups is 1. The second-order valence-electron chi connectivity index (χ2n) is 7.58. The van der Waals surface area contributed by atoms with Gasteiger partial charge in [0.25, 0.3) is 0 Å². The van der Waals surface area contributed by atoms with Crippen molar-refractivity contribution in [3.63, 3.8) is 0 Å². The molecule has 1 aliphatic carbocycles. The van der Waals surface area contributed by atoms with Gasteiger partial charge in [-0.2, -0.15) is 4.31 Å². The summed E-state index contributed by atoms with van der Waals surface area (Å²) in [6.45, 7) is 2.30. The fourth-order valence-corrected chi connectivity index (χ4v) is 5.92. The zero-order valence-electron chi connectivity index (χ0n) is 15.5. The summed E-state index contributed by atoms with van der Waals surface area (Å²) in [5.41, 5.74) is 0.534. The minimum absolute atomic E-state index is 0.0723. The van der Waals surface area contributed by atoms with Crippen LogP contribution in [0.4, 0.5) is 0 Å². The molecule has 3 rings (SSSR count). The lowest BCUT2D eigenvalue weighted by Gasteiger charge is -2.33. The van der Waals surface area contributed by atoms with E-state index in [2.05, 4.69) is 5.32 Å². The Balaban J connectivity index is 1.68. The molecule has 1 amide bonds. The molecule has 2 fully saturated rings. The van der Waals surface area contributed by atoms with E-state index in [-0.39, 0.29) is 35.4 Å². The normalized spacial score (nSPS) is 27.3. The van der Waals surface area contributed by atoms with Gasteiger partial charge < -0.3 is 10.4 Å². The first-order chi connectivity index (χ1) is 12.8. The van der Waals surface area contributed by atoms with Crippen molar-refractivity contribution in [2.45, 2.75) is 62.5 Å². The summed E-state index contributed by atoms with van der Waals surface area (Å²) in [6.07, 6.45) is 4.00. The van der Waals surface area contributed by atoms with Crippen LogP contribution < -0.4 is 5.32 Å². The fourth-order valence-electron chi connectivity index (χ4n) is 3.92. The SMILES string of the molecule is Cc1c(Cl)cccc1S(=O)(=O)N1CCC[C@H](C(=O)NC2CCC(O)CC2)C1. The van der Waals surface area contributed by atoms with Crippen LogP contribution in [0.3, 0.4) is 0 Å². The summed E-state index contributed by atoms with van der Waals surface area (Å²) in [6, 6.07) is 4.94. The van der Waals surface area contributed by atoms with Crippen molar-refractivity contribution >= 4 is 27.5 Å². The van der Waals surface area contributed by atoms with Crippen molar-refractivity contribution < 1.29 is 18.3 Å². The first-order valence-corrected chi connectivity index (χ1v) is 11.3. The number of halogens is 1. The maximum absolute atomic E-state index is 13.1. The van der Waals surface area contributed by atoms with E-state index in [0.29, 0.717) is 42.8 Å². The Morgan fingerprint density at radius 1 is 1.22 bits per heavy atom. The van der Waals surface area contributed by atoms with Crippen LogP contribution in [-0.2, 0) is 14.8 Å². The van der Waals surface area contributed by atoms with Gasteiger partial charge in [0.05, 0.1) is 16.9 Å². The van der Waals surface area contributed by atoms with Crippen molar-refractivity contribution in [1.82, 2.24) is 9.62 Å². The smallest absolute Gasteiger partial charge is 0.243 e. The molecule has 2 aliphatic rings. The second kappa shape index (κ2) is 8.47. The summed E-state index contributed by atoms with van der Waals surface area (Å²) in [5.74, 6) is -0.432. The predicted molar refractivity (Wildman–Crippen MR) is 104 cm³/mol. The number of sulfonamides is 1. The molecule has 27 heavy (non-hydrogen) atoms. The number of hydrogen-bond donors (Lipinski definition) is 2. The molecular formula is C19H27ClN2O4S. The molecule has 1 aliphatic heterocycles. The number of benzene rings is 1. The molecule has 1 saturated heterocycles. The molecule has 0 bridgehead atoms. The molecule has 0 spiro atoms. The number of aliphatic hydroxyl groups excluding tert-OH is 1. The highest BCUT2D eigenvalue weighted by molar-refractivity contribution is 7.89. The van der Waals surface area contributed by atoms with Crippen molar-refractivity contribution in [2.75, 3.05) is 13.1 Å². The molecule has 0 radical (unpaired) electrons. The van der Waals surface area contributed by atoms with E-state index in [1.807, 2.05) is 0 Å². The van der Waals surface area contributed by atoms with Crippen LogP contribution in [0.15, 0.2) is 23.1 Å². The lowest BCUT2D eigenvalue weighted by atomic mass is 9.92. The molecule has 150 valence electrons. The lowest BCUT2D eigenvalue weighted by Crippen LogP contribution is -2.48. The number of piperidine rings is 1. The highest BCUT2D eigenvalue weighted by atomic mass is 35.5. The van der Waals surface area contributed by atoms with Crippen LogP contribution in [0.1, 0.15) is 44.1 Å². The van der Waals surface area contributed by atoms with Gasteiger partial charge in [0.2, 0.25) is 15.9 Å². The van der Waals surface area contributed by atoms with Crippen LogP contribution in [0.2, 0.25) is 5.02 Å². The average molecular weight is 415 g/mol. The third kappa shape index (κ3) is 4.65. The van der Waals surface area contributed by atoms with E-state index in [9.17, 15) is 18.3 Å². The maximum atomic E-state index is 13.1. The van der Waals surface area contributed by atoms with Gasteiger partial charge >= 0.3 is 0 Å². The van der Waals surface area contributed by atoms with E-state index in [4.69, 9.17) is 11.6 Å². The van der Waals surface area contributed by atoms with Crippen LogP contribution in [-0.4, -0.2) is 49.0 Å².